The van der Waals surface area contributed by atoms with Crippen LogP contribution in [0.4, 0.5) is 0 Å². The van der Waals surface area contributed by atoms with Gasteiger partial charge in [-0.2, -0.15) is 0 Å². The summed E-state index contributed by atoms with van der Waals surface area (Å²) in [4.78, 5) is 28.1. The molecule has 0 aromatic carbocycles. The first-order valence-electron chi connectivity index (χ1n) is 8.36. The van der Waals surface area contributed by atoms with Crippen LogP contribution < -0.4 is 5.32 Å². The number of piperazine rings is 1. The van der Waals surface area contributed by atoms with E-state index in [0.29, 0.717) is 19.1 Å². The summed E-state index contributed by atoms with van der Waals surface area (Å²) in [7, 11) is 0. The lowest BCUT2D eigenvalue weighted by molar-refractivity contribution is -0.136. The number of amides is 2. The first kappa shape index (κ1) is 18.9. The van der Waals surface area contributed by atoms with Crippen molar-refractivity contribution in [1.29, 1.82) is 0 Å². The third kappa shape index (κ3) is 5.93. The van der Waals surface area contributed by atoms with E-state index in [-0.39, 0.29) is 24.3 Å². The molecule has 0 aromatic rings. The van der Waals surface area contributed by atoms with Crippen LogP contribution in [-0.2, 0) is 14.3 Å². The van der Waals surface area contributed by atoms with Gasteiger partial charge in [0.05, 0.1) is 13.2 Å². The first-order valence-corrected chi connectivity index (χ1v) is 8.36. The van der Waals surface area contributed by atoms with Gasteiger partial charge in [-0.15, -0.1) is 0 Å². The maximum Gasteiger partial charge on any atom is 0.242 e. The van der Waals surface area contributed by atoms with Crippen molar-refractivity contribution in [2.75, 3.05) is 45.9 Å². The summed E-state index contributed by atoms with van der Waals surface area (Å²) in [5.74, 6) is -0.0747. The second-order valence-electron chi connectivity index (χ2n) is 5.95. The summed E-state index contributed by atoms with van der Waals surface area (Å²) in [6, 6.07) is 0.323. The predicted octanol–water partition coefficient (Wildman–Crippen LogP) is 0.718. The molecule has 1 aliphatic rings. The molecule has 0 aliphatic carbocycles. The van der Waals surface area contributed by atoms with Gasteiger partial charge in [0, 0.05) is 44.7 Å². The van der Waals surface area contributed by atoms with Crippen LogP contribution in [0, 0.1) is 5.92 Å². The molecule has 1 N–H and O–H groups in total. The van der Waals surface area contributed by atoms with Gasteiger partial charge in [-0.05, 0) is 20.3 Å². The average Bonchev–Trinajstić information content (AvgIpc) is 2.53. The summed E-state index contributed by atoms with van der Waals surface area (Å²) in [6.45, 7) is 12.7. The Morgan fingerprint density at radius 3 is 2.64 bits per heavy atom. The largest absolute Gasteiger partial charge is 0.380 e. The van der Waals surface area contributed by atoms with E-state index in [1.165, 1.54) is 0 Å². The van der Waals surface area contributed by atoms with Crippen LogP contribution >= 0.6 is 0 Å². The van der Waals surface area contributed by atoms with Crippen LogP contribution in [-0.4, -0.2) is 73.6 Å². The average molecular weight is 313 g/mol. The minimum Gasteiger partial charge on any atom is -0.380 e. The van der Waals surface area contributed by atoms with Gasteiger partial charge in [-0.3, -0.25) is 14.5 Å². The molecule has 2 amide bonds. The molecule has 1 rings (SSSR count). The van der Waals surface area contributed by atoms with Gasteiger partial charge in [0.25, 0.3) is 0 Å². The maximum absolute atomic E-state index is 12.2. The third-order valence-electron chi connectivity index (χ3n) is 4.32. The fourth-order valence-corrected chi connectivity index (χ4v) is 2.51. The van der Waals surface area contributed by atoms with E-state index < -0.39 is 0 Å². The zero-order valence-electron chi connectivity index (χ0n) is 14.4. The number of nitrogens with one attached hydrogen (secondary N) is 1. The van der Waals surface area contributed by atoms with Crippen LogP contribution in [0.2, 0.25) is 0 Å². The highest BCUT2D eigenvalue weighted by molar-refractivity contribution is 5.85. The summed E-state index contributed by atoms with van der Waals surface area (Å²) in [5, 5.41) is 2.73. The number of carbonyl (C=O) groups is 2. The Balaban J connectivity index is 2.33. The molecule has 1 heterocycles. The Morgan fingerprint density at radius 1 is 1.32 bits per heavy atom. The van der Waals surface area contributed by atoms with Crippen LogP contribution in [0.3, 0.4) is 0 Å². The van der Waals surface area contributed by atoms with Crippen molar-refractivity contribution < 1.29 is 14.3 Å². The van der Waals surface area contributed by atoms with Crippen molar-refractivity contribution in [3.05, 3.63) is 0 Å². The maximum atomic E-state index is 12.2. The van der Waals surface area contributed by atoms with Crippen molar-refractivity contribution in [1.82, 2.24) is 15.1 Å². The zero-order chi connectivity index (χ0) is 16.5. The molecule has 0 aromatic heterocycles. The fourth-order valence-electron chi connectivity index (χ4n) is 2.51. The second-order valence-corrected chi connectivity index (χ2v) is 5.95. The fraction of sp³-hybridized carbons (Fsp3) is 0.875. The smallest absolute Gasteiger partial charge is 0.242 e. The van der Waals surface area contributed by atoms with E-state index in [0.717, 1.165) is 32.7 Å². The van der Waals surface area contributed by atoms with Crippen LogP contribution in [0.5, 0.6) is 0 Å². The monoisotopic (exact) mass is 313 g/mol. The predicted molar refractivity (Wildman–Crippen MR) is 86.6 cm³/mol. The zero-order valence-corrected chi connectivity index (χ0v) is 14.4. The molecular formula is C16H31N3O3. The molecule has 22 heavy (non-hydrogen) atoms. The Kier molecular flexibility index (Phi) is 8.42. The number of hydrogen-bond donors (Lipinski definition) is 1. The number of carbonyl (C=O) groups excluding carboxylic acids is 2. The highest BCUT2D eigenvalue weighted by atomic mass is 16.5. The van der Waals surface area contributed by atoms with Gasteiger partial charge in [0.1, 0.15) is 0 Å². The lowest BCUT2D eigenvalue weighted by Crippen LogP contribution is -2.55. The summed E-state index contributed by atoms with van der Waals surface area (Å²) in [5.41, 5.74) is 0. The van der Waals surface area contributed by atoms with E-state index in [2.05, 4.69) is 17.1 Å². The van der Waals surface area contributed by atoms with Gasteiger partial charge in [-0.1, -0.05) is 13.8 Å². The van der Waals surface area contributed by atoms with Crippen molar-refractivity contribution in [3.8, 4) is 0 Å². The van der Waals surface area contributed by atoms with Gasteiger partial charge in [-0.25, -0.2) is 0 Å². The number of nitrogens with zero attached hydrogens (tertiary/aromatic N) is 2. The van der Waals surface area contributed by atoms with E-state index >= 15 is 0 Å². The van der Waals surface area contributed by atoms with Gasteiger partial charge < -0.3 is 15.0 Å². The van der Waals surface area contributed by atoms with E-state index in [9.17, 15) is 9.59 Å². The van der Waals surface area contributed by atoms with Crippen molar-refractivity contribution in [3.63, 3.8) is 0 Å². The van der Waals surface area contributed by atoms with Gasteiger partial charge in [0.2, 0.25) is 11.8 Å². The Bertz CT molecular complexity index is 363. The molecule has 0 bridgehead atoms. The van der Waals surface area contributed by atoms with Crippen LogP contribution in [0.15, 0.2) is 0 Å². The molecule has 6 nitrogen and oxygen atoms in total. The summed E-state index contributed by atoms with van der Waals surface area (Å²) in [6.07, 6.45) is 0.787. The first-order chi connectivity index (χ1) is 10.5. The van der Waals surface area contributed by atoms with Crippen LogP contribution in [0.1, 0.15) is 34.1 Å². The Hall–Kier alpha value is -1.14. The molecule has 0 saturated carbocycles. The minimum absolute atomic E-state index is 0.00737. The van der Waals surface area contributed by atoms with Crippen molar-refractivity contribution in [2.24, 2.45) is 5.92 Å². The third-order valence-corrected chi connectivity index (χ3v) is 4.32. The Morgan fingerprint density at radius 2 is 2.05 bits per heavy atom. The molecule has 1 aliphatic heterocycles. The molecule has 1 fully saturated rings. The van der Waals surface area contributed by atoms with E-state index in [4.69, 9.17) is 4.74 Å². The standard InChI is InChI=1S/C16H31N3O3/c1-5-13(3)16(21)17-11-15(20)19-8-7-18(14(4)12-19)9-10-22-6-2/h13-14H,5-12H2,1-4H3,(H,17,21)/t13-,14+/m0/s1. The molecule has 1 saturated heterocycles. The summed E-state index contributed by atoms with van der Waals surface area (Å²) < 4.78 is 5.39. The van der Waals surface area contributed by atoms with E-state index in [1.807, 2.05) is 25.7 Å². The molecule has 128 valence electrons. The molecular weight excluding hydrogens is 282 g/mol. The minimum atomic E-state index is -0.0424. The van der Waals surface area contributed by atoms with E-state index in [1.54, 1.807) is 0 Å². The lowest BCUT2D eigenvalue weighted by Gasteiger charge is -2.39. The number of hydrogen-bond acceptors (Lipinski definition) is 4. The Labute approximate surface area is 134 Å². The highest BCUT2D eigenvalue weighted by Gasteiger charge is 2.26. The summed E-state index contributed by atoms with van der Waals surface area (Å²) >= 11 is 0. The van der Waals surface area contributed by atoms with Gasteiger partial charge in [0.15, 0.2) is 0 Å². The van der Waals surface area contributed by atoms with Crippen molar-refractivity contribution in [2.45, 2.75) is 40.2 Å². The normalized spacial score (nSPS) is 20.7. The molecule has 2 atom stereocenters. The number of rotatable bonds is 8. The van der Waals surface area contributed by atoms with Crippen LogP contribution in [0.25, 0.3) is 0 Å². The topological polar surface area (TPSA) is 61.9 Å². The quantitative estimate of drug-likeness (QED) is 0.671. The SMILES string of the molecule is CCOCCN1CCN(C(=O)CNC(=O)[C@@H](C)CC)C[C@H]1C. The molecule has 0 unspecified atom stereocenters. The number of ether oxygens (including phenoxy) is 1. The lowest BCUT2D eigenvalue weighted by atomic mass is 10.1. The molecule has 6 heteroatoms. The highest BCUT2D eigenvalue weighted by Crippen LogP contribution is 2.09. The molecule has 0 radical (unpaired) electrons. The van der Waals surface area contributed by atoms with Crippen molar-refractivity contribution >= 4 is 11.8 Å². The molecule has 0 spiro atoms. The second kappa shape index (κ2) is 9.79. The van der Waals surface area contributed by atoms with Gasteiger partial charge >= 0.3 is 0 Å².